The molecule has 3 saturated carbocycles. The van der Waals surface area contributed by atoms with Gasteiger partial charge in [-0.1, -0.05) is 0 Å². The summed E-state index contributed by atoms with van der Waals surface area (Å²) < 4.78 is 0. The van der Waals surface area contributed by atoms with E-state index in [-0.39, 0.29) is 11.4 Å². The van der Waals surface area contributed by atoms with E-state index in [1.54, 1.807) is 0 Å². The Kier molecular flexibility index (Phi) is 1.57. The molecule has 3 unspecified atom stereocenters. The van der Waals surface area contributed by atoms with Crippen LogP contribution < -0.4 is 10.6 Å². The van der Waals surface area contributed by atoms with E-state index in [4.69, 9.17) is 0 Å². The molecule has 0 aromatic rings. The second-order valence-electron chi connectivity index (χ2n) is 5.84. The molecule has 4 rings (SSSR count). The summed E-state index contributed by atoms with van der Waals surface area (Å²) in [5.74, 6) is 2.24. The van der Waals surface area contributed by atoms with Gasteiger partial charge >= 0.3 is 0 Å². The van der Waals surface area contributed by atoms with Gasteiger partial charge in [0, 0.05) is 0 Å². The monoisotopic (exact) mass is 219 g/mol. The lowest BCUT2D eigenvalue weighted by molar-refractivity contribution is -0.125. The molecular weight excluding hydrogens is 202 g/mol. The molecule has 2 N–H and O–H groups in total. The fraction of sp³-hybridized carbons (Fsp3) is 0.833. The Bertz CT molecular complexity index is 388. The Balaban J connectivity index is 1.63. The van der Waals surface area contributed by atoms with E-state index in [0.717, 1.165) is 18.3 Å². The summed E-state index contributed by atoms with van der Waals surface area (Å²) in [7, 11) is 0. The molecule has 4 fully saturated rings. The van der Waals surface area contributed by atoms with Crippen molar-refractivity contribution in [1.29, 1.82) is 0 Å². The minimum Gasteiger partial charge on any atom is -0.341 e. The van der Waals surface area contributed by atoms with E-state index < -0.39 is 0 Å². The van der Waals surface area contributed by atoms with Crippen LogP contribution in [0, 0.1) is 11.8 Å². The second kappa shape index (κ2) is 2.79. The minimum atomic E-state index is -0.281. The fourth-order valence-corrected chi connectivity index (χ4v) is 3.73. The Hall–Kier alpha value is -1.06. The third-order valence-corrected chi connectivity index (χ3v) is 4.69. The van der Waals surface area contributed by atoms with Crippen LogP contribution in [0.3, 0.4) is 0 Å². The molecule has 86 valence electrons. The first-order valence-corrected chi connectivity index (χ1v) is 6.44. The van der Waals surface area contributed by atoms with E-state index >= 15 is 0 Å². The molecule has 4 nitrogen and oxygen atoms in total. The lowest BCUT2D eigenvalue weighted by Crippen LogP contribution is -2.51. The third kappa shape index (κ3) is 1.10. The van der Waals surface area contributed by atoms with Crippen LogP contribution in [-0.4, -0.2) is 23.4 Å². The van der Waals surface area contributed by atoms with E-state index in [1.165, 1.54) is 32.1 Å². The fourth-order valence-electron chi connectivity index (χ4n) is 3.73. The molecule has 1 saturated heterocycles. The highest BCUT2D eigenvalue weighted by Crippen LogP contribution is 2.51. The molecular formula is C12H17N3O. The number of carbonyl (C=O) groups excluding carboxylic acids is 1. The van der Waals surface area contributed by atoms with Crippen molar-refractivity contribution in [3.8, 4) is 0 Å². The highest BCUT2D eigenvalue weighted by molar-refractivity contribution is 6.09. The number of rotatable bonds is 1. The molecule has 1 heterocycles. The molecule has 1 amide bonds. The molecule has 16 heavy (non-hydrogen) atoms. The number of amides is 1. The highest BCUT2D eigenvalue weighted by Gasteiger charge is 2.59. The predicted octanol–water partition coefficient (Wildman–Crippen LogP) is 0.783. The van der Waals surface area contributed by atoms with Crippen LogP contribution in [0.1, 0.15) is 38.5 Å². The SMILES string of the molecule is O=C1NC(=NC2CC2)NC12CC1CCC2C1. The Morgan fingerprint density at radius 2 is 2.12 bits per heavy atom. The van der Waals surface area contributed by atoms with Crippen molar-refractivity contribution >= 4 is 11.9 Å². The van der Waals surface area contributed by atoms with Crippen LogP contribution in [-0.2, 0) is 4.79 Å². The molecule has 3 aliphatic carbocycles. The predicted molar refractivity (Wildman–Crippen MR) is 59.9 cm³/mol. The third-order valence-electron chi connectivity index (χ3n) is 4.69. The number of nitrogens with one attached hydrogen (secondary N) is 2. The number of nitrogens with zero attached hydrogens (tertiary/aromatic N) is 1. The highest BCUT2D eigenvalue weighted by atomic mass is 16.2. The second-order valence-corrected chi connectivity index (χ2v) is 5.84. The zero-order valence-electron chi connectivity index (χ0n) is 9.33. The van der Waals surface area contributed by atoms with Gasteiger partial charge in [0.15, 0.2) is 5.96 Å². The lowest BCUT2D eigenvalue weighted by Gasteiger charge is -2.30. The first-order chi connectivity index (χ1) is 7.76. The van der Waals surface area contributed by atoms with Crippen molar-refractivity contribution in [3.63, 3.8) is 0 Å². The first-order valence-electron chi connectivity index (χ1n) is 6.44. The van der Waals surface area contributed by atoms with Gasteiger partial charge in [-0.25, -0.2) is 4.99 Å². The van der Waals surface area contributed by atoms with Gasteiger partial charge in [0.1, 0.15) is 5.54 Å². The van der Waals surface area contributed by atoms with Crippen LogP contribution in [0.5, 0.6) is 0 Å². The van der Waals surface area contributed by atoms with Gasteiger partial charge in [0.2, 0.25) is 0 Å². The maximum Gasteiger partial charge on any atom is 0.252 e. The lowest BCUT2D eigenvalue weighted by atomic mass is 9.81. The van der Waals surface area contributed by atoms with Crippen molar-refractivity contribution in [3.05, 3.63) is 0 Å². The van der Waals surface area contributed by atoms with Crippen LogP contribution in [0.4, 0.5) is 0 Å². The molecule has 0 radical (unpaired) electrons. The number of fused-ring (bicyclic) bond motifs is 3. The number of aliphatic imine (C=N–C) groups is 1. The number of guanidine groups is 1. The van der Waals surface area contributed by atoms with Gasteiger partial charge < -0.3 is 5.32 Å². The van der Waals surface area contributed by atoms with Crippen LogP contribution in [0.15, 0.2) is 4.99 Å². The van der Waals surface area contributed by atoms with Gasteiger partial charge in [-0.15, -0.1) is 0 Å². The molecule has 0 aromatic carbocycles. The van der Waals surface area contributed by atoms with Crippen LogP contribution in [0.2, 0.25) is 0 Å². The molecule has 1 aliphatic heterocycles. The topological polar surface area (TPSA) is 53.5 Å². The van der Waals surface area contributed by atoms with Gasteiger partial charge in [-0.2, -0.15) is 0 Å². The standard InChI is InChI=1S/C12H17N3O/c16-10-12(6-7-1-2-8(12)5-7)15-11(14-10)13-9-3-4-9/h7-9H,1-6H2,(H2,13,14,15,16). The maximum atomic E-state index is 12.1. The van der Waals surface area contributed by atoms with Gasteiger partial charge in [0.25, 0.3) is 5.91 Å². The number of hydrogen-bond donors (Lipinski definition) is 2. The summed E-state index contributed by atoms with van der Waals surface area (Å²) in [6.45, 7) is 0. The average molecular weight is 219 g/mol. The van der Waals surface area contributed by atoms with Crippen molar-refractivity contribution in [2.24, 2.45) is 16.8 Å². The summed E-state index contributed by atoms with van der Waals surface area (Å²) in [5, 5.41) is 6.35. The summed E-state index contributed by atoms with van der Waals surface area (Å²) in [6.07, 6.45) is 7.14. The zero-order chi connectivity index (χ0) is 10.8. The Labute approximate surface area is 94.9 Å². The van der Waals surface area contributed by atoms with E-state index in [1.807, 2.05) is 0 Å². The smallest absolute Gasteiger partial charge is 0.252 e. The largest absolute Gasteiger partial charge is 0.341 e. The van der Waals surface area contributed by atoms with Gasteiger partial charge in [0.05, 0.1) is 6.04 Å². The quantitative estimate of drug-likeness (QED) is 0.685. The molecule has 4 aliphatic rings. The van der Waals surface area contributed by atoms with Gasteiger partial charge in [-0.3, -0.25) is 10.1 Å². The Morgan fingerprint density at radius 1 is 1.25 bits per heavy atom. The average Bonchev–Trinajstić information content (AvgIpc) is 2.71. The first kappa shape index (κ1) is 9.02. The minimum absolute atomic E-state index is 0.180. The molecule has 2 bridgehead atoms. The van der Waals surface area contributed by atoms with Crippen molar-refractivity contribution in [2.45, 2.75) is 50.1 Å². The maximum absolute atomic E-state index is 12.1. The van der Waals surface area contributed by atoms with Crippen molar-refractivity contribution in [2.75, 3.05) is 0 Å². The summed E-state index contributed by atoms with van der Waals surface area (Å²) in [5.41, 5.74) is -0.281. The van der Waals surface area contributed by atoms with Crippen LogP contribution >= 0.6 is 0 Å². The molecule has 1 spiro atoms. The van der Waals surface area contributed by atoms with E-state index in [9.17, 15) is 4.79 Å². The summed E-state index contributed by atoms with van der Waals surface area (Å²) in [4.78, 5) is 16.7. The zero-order valence-corrected chi connectivity index (χ0v) is 9.33. The van der Waals surface area contributed by atoms with Crippen molar-refractivity contribution < 1.29 is 4.79 Å². The Morgan fingerprint density at radius 3 is 2.75 bits per heavy atom. The molecule has 0 aromatic heterocycles. The van der Waals surface area contributed by atoms with Crippen LogP contribution in [0.25, 0.3) is 0 Å². The molecule has 4 heteroatoms. The molecule has 3 atom stereocenters. The van der Waals surface area contributed by atoms with E-state index in [2.05, 4.69) is 15.6 Å². The summed E-state index contributed by atoms with van der Waals surface area (Å²) in [6, 6.07) is 0.469. The number of hydrogen-bond acceptors (Lipinski definition) is 2. The normalized spacial score (nSPS) is 47.8. The van der Waals surface area contributed by atoms with E-state index in [0.29, 0.717) is 12.0 Å². The van der Waals surface area contributed by atoms with Crippen molar-refractivity contribution in [1.82, 2.24) is 10.6 Å². The number of carbonyl (C=O) groups is 1. The summed E-state index contributed by atoms with van der Waals surface area (Å²) >= 11 is 0. The van der Waals surface area contributed by atoms with Gasteiger partial charge in [-0.05, 0) is 50.4 Å².